The Balaban J connectivity index is 1.61. The minimum atomic E-state index is -0.582. The average Bonchev–Trinajstić information content (AvgIpc) is 2.66. The van der Waals surface area contributed by atoms with Gasteiger partial charge < -0.3 is 24.6 Å². The molecule has 0 saturated carbocycles. The number of carbonyl (C=O) groups excluding carboxylic acids is 1. The number of hydrogen-bond acceptors (Lipinski definition) is 6. The van der Waals surface area contributed by atoms with E-state index in [9.17, 15) is 19.1 Å². The van der Waals surface area contributed by atoms with Crippen molar-refractivity contribution in [1.82, 2.24) is 19.8 Å². The number of likely N-dealkylation sites (tertiary alicyclic amines) is 1. The molecule has 1 aromatic carbocycles. The van der Waals surface area contributed by atoms with Gasteiger partial charge in [-0.3, -0.25) is 4.79 Å². The van der Waals surface area contributed by atoms with E-state index in [1.807, 2.05) is 0 Å². The van der Waals surface area contributed by atoms with Crippen molar-refractivity contribution in [2.45, 2.75) is 45.4 Å². The lowest BCUT2D eigenvalue weighted by molar-refractivity contribution is 0.0204. The first-order valence-electron chi connectivity index (χ1n) is 10.1. The number of halogens is 1. The van der Waals surface area contributed by atoms with E-state index in [1.54, 1.807) is 26.8 Å². The number of nitrogens with one attached hydrogen (secondary N) is 1. The van der Waals surface area contributed by atoms with E-state index in [-0.39, 0.29) is 11.5 Å². The van der Waals surface area contributed by atoms with Crippen LogP contribution in [-0.4, -0.2) is 63.5 Å². The maximum absolute atomic E-state index is 13.7. The molecular weight excluding hydrogens is 391 g/mol. The number of amides is 1. The van der Waals surface area contributed by atoms with E-state index in [0.717, 1.165) is 0 Å². The van der Waals surface area contributed by atoms with Gasteiger partial charge in [0.1, 0.15) is 11.4 Å². The predicted molar refractivity (Wildman–Crippen MR) is 111 cm³/mol. The van der Waals surface area contributed by atoms with Crippen LogP contribution in [0.5, 0.6) is 0 Å². The second kappa shape index (κ2) is 9.09. The zero-order chi connectivity index (χ0) is 21.9. The summed E-state index contributed by atoms with van der Waals surface area (Å²) in [6.45, 7) is 7.87. The molecule has 0 aliphatic carbocycles. The highest BCUT2D eigenvalue weighted by Crippen LogP contribution is 2.18. The molecule has 2 unspecified atom stereocenters. The fourth-order valence-electron chi connectivity index (χ4n) is 3.63. The lowest BCUT2D eigenvalue weighted by Crippen LogP contribution is -2.49. The lowest BCUT2D eigenvalue weighted by Gasteiger charge is -2.36. The van der Waals surface area contributed by atoms with Crippen molar-refractivity contribution in [3.63, 3.8) is 0 Å². The maximum atomic E-state index is 13.7. The summed E-state index contributed by atoms with van der Waals surface area (Å²) >= 11 is 0. The molecule has 164 valence electrons. The molecule has 9 heteroatoms. The highest BCUT2D eigenvalue weighted by Gasteiger charge is 2.28. The zero-order valence-electron chi connectivity index (χ0n) is 17.6. The van der Waals surface area contributed by atoms with Crippen molar-refractivity contribution in [3.05, 3.63) is 40.6 Å². The Morgan fingerprint density at radius 1 is 1.37 bits per heavy atom. The quantitative estimate of drug-likeness (QED) is 0.765. The summed E-state index contributed by atoms with van der Waals surface area (Å²) in [5, 5.41) is 13.0. The summed E-state index contributed by atoms with van der Waals surface area (Å²) in [6, 6.07) is 4.19. The van der Waals surface area contributed by atoms with Gasteiger partial charge in [-0.25, -0.2) is 14.2 Å². The molecule has 1 aliphatic rings. The van der Waals surface area contributed by atoms with E-state index in [2.05, 4.69) is 15.2 Å². The van der Waals surface area contributed by atoms with Gasteiger partial charge in [-0.15, -0.1) is 0 Å². The molecule has 2 atom stereocenters. The molecule has 30 heavy (non-hydrogen) atoms. The number of nitrogens with zero attached hydrogens (tertiary/aromatic N) is 3. The third kappa shape index (κ3) is 5.76. The number of aliphatic hydroxyl groups excluding tert-OH is 1. The molecule has 1 amide bonds. The second-order valence-corrected chi connectivity index (χ2v) is 8.68. The normalized spacial score (nSPS) is 20.3. The van der Waals surface area contributed by atoms with Crippen LogP contribution in [0, 0.1) is 11.7 Å². The van der Waals surface area contributed by atoms with Crippen molar-refractivity contribution in [2.24, 2.45) is 5.92 Å². The van der Waals surface area contributed by atoms with Crippen LogP contribution < -0.4 is 10.9 Å². The number of piperidine rings is 1. The third-order valence-electron chi connectivity index (χ3n) is 5.13. The molecule has 8 nitrogen and oxygen atoms in total. The Morgan fingerprint density at radius 3 is 2.87 bits per heavy atom. The number of hydrogen-bond donors (Lipinski definition) is 2. The number of aromatic nitrogens is 2. The maximum Gasteiger partial charge on any atom is 0.407 e. The Bertz CT molecular complexity index is 956. The summed E-state index contributed by atoms with van der Waals surface area (Å²) in [5.74, 6) is -0.562. The van der Waals surface area contributed by atoms with E-state index in [0.29, 0.717) is 50.2 Å². The highest BCUT2D eigenvalue weighted by atomic mass is 19.1. The molecule has 3 rings (SSSR count). The number of rotatable bonds is 5. The van der Waals surface area contributed by atoms with Gasteiger partial charge in [-0.2, -0.15) is 0 Å². The number of ether oxygens (including phenoxy) is 1. The first-order valence-corrected chi connectivity index (χ1v) is 10.1. The van der Waals surface area contributed by atoms with Crippen molar-refractivity contribution in [1.29, 1.82) is 0 Å². The van der Waals surface area contributed by atoms with Crippen LogP contribution in [0.25, 0.3) is 11.0 Å². The van der Waals surface area contributed by atoms with Crippen molar-refractivity contribution >= 4 is 17.1 Å². The SMILES string of the molecule is CC(C)(C)OC(=O)NCC1CN(CCn2c(=O)cnc3ccc(F)cc32)CCC1O. The summed E-state index contributed by atoms with van der Waals surface area (Å²) in [5.41, 5.74) is 0.155. The van der Waals surface area contributed by atoms with Crippen LogP contribution in [-0.2, 0) is 11.3 Å². The Morgan fingerprint density at radius 2 is 2.13 bits per heavy atom. The number of carbonyl (C=O) groups is 1. The Hall–Kier alpha value is -2.52. The lowest BCUT2D eigenvalue weighted by atomic mass is 9.94. The fourth-order valence-corrected chi connectivity index (χ4v) is 3.63. The number of aliphatic hydroxyl groups is 1. The standard InChI is InChI=1S/C21H29FN4O4/c1-21(2,3)30-20(29)24-11-14-13-25(7-6-18(14)27)8-9-26-17-10-15(22)4-5-16(17)23-12-19(26)28/h4-5,10,12,14,18,27H,6-9,11,13H2,1-3H3,(H,24,29). The summed E-state index contributed by atoms with van der Waals surface area (Å²) in [6.07, 6.45) is 0.785. The van der Waals surface area contributed by atoms with Crippen LogP contribution in [0.4, 0.5) is 9.18 Å². The molecule has 1 fully saturated rings. The third-order valence-corrected chi connectivity index (χ3v) is 5.13. The van der Waals surface area contributed by atoms with E-state index in [4.69, 9.17) is 4.74 Å². The molecule has 2 N–H and O–H groups in total. The van der Waals surface area contributed by atoms with Crippen LogP contribution >= 0.6 is 0 Å². The fraction of sp³-hybridized carbons (Fsp3) is 0.571. The topological polar surface area (TPSA) is 96.7 Å². The number of alkyl carbamates (subject to hydrolysis) is 1. The van der Waals surface area contributed by atoms with Crippen LogP contribution in [0.3, 0.4) is 0 Å². The van der Waals surface area contributed by atoms with Gasteiger partial charge >= 0.3 is 6.09 Å². The van der Waals surface area contributed by atoms with Crippen molar-refractivity contribution < 1.29 is 19.0 Å². The molecule has 0 spiro atoms. The van der Waals surface area contributed by atoms with E-state index < -0.39 is 23.6 Å². The van der Waals surface area contributed by atoms with Crippen LogP contribution in [0.15, 0.2) is 29.2 Å². The minimum Gasteiger partial charge on any atom is -0.444 e. The van der Waals surface area contributed by atoms with Crippen molar-refractivity contribution in [2.75, 3.05) is 26.2 Å². The van der Waals surface area contributed by atoms with E-state index in [1.165, 1.54) is 22.9 Å². The number of benzene rings is 1. The van der Waals surface area contributed by atoms with Gasteiger partial charge in [0, 0.05) is 38.6 Å². The molecule has 0 bridgehead atoms. The van der Waals surface area contributed by atoms with Gasteiger partial charge in [-0.05, 0) is 45.4 Å². The first kappa shape index (κ1) is 22.2. The van der Waals surface area contributed by atoms with Gasteiger partial charge in [0.25, 0.3) is 5.56 Å². The monoisotopic (exact) mass is 420 g/mol. The summed E-state index contributed by atoms with van der Waals surface area (Å²) in [4.78, 5) is 30.4. The highest BCUT2D eigenvalue weighted by molar-refractivity contribution is 5.74. The second-order valence-electron chi connectivity index (χ2n) is 8.68. The molecule has 2 heterocycles. The minimum absolute atomic E-state index is 0.144. The summed E-state index contributed by atoms with van der Waals surface area (Å²) < 4.78 is 20.4. The zero-order valence-corrected chi connectivity index (χ0v) is 17.6. The molecule has 0 radical (unpaired) electrons. The van der Waals surface area contributed by atoms with Crippen LogP contribution in [0.1, 0.15) is 27.2 Å². The molecule has 1 saturated heterocycles. The Labute approximate surface area is 174 Å². The van der Waals surface area contributed by atoms with Gasteiger partial charge in [-0.1, -0.05) is 0 Å². The van der Waals surface area contributed by atoms with Gasteiger partial charge in [0.2, 0.25) is 0 Å². The molecule has 1 aromatic heterocycles. The summed E-state index contributed by atoms with van der Waals surface area (Å²) in [7, 11) is 0. The largest absolute Gasteiger partial charge is 0.444 e. The molecule has 1 aliphatic heterocycles. The average molecular weight is 420 g/mol. The van der Waals surface area contributed by atoms with Crippen LogP contribution in [0.2, 0.25) is 0 Å². The van der Waals surface area contributed by atoms with Gasteiger partial charge in [0.05, 0.1) is 23.3 Å². The van der Waals surface area contributed by atoms with E-state index >= 15 is 0 Å². The molecular formula is C21H29FN4O4. The smallest absolute Gasteiger partial charge is 0.407 e. The first-order chi connectivity index (χ1) is 14.1. The Kier molecular flexibility index (Phi) is 6.72. The predicted octanol–water partition coefficient (Wildman–Crippen LogP) is 1.74. The molecule has 2 aromatic rings. The number of fused-ring (bicyclic) bond motifs is 1. The van der Waals surface area contributed by atoms with Crippen molar-refractivity contribution in [3.8, 4) is 0 Å². The van der Waals surface area contributed by atoms with Gasteiger partial charge in [0.15, 0.2) is 0 Å².